The van der Waals surface area contributed by atoms with Gasteiger partial charge in [0.2, 0.25) is 0 Å². The molecule has 0 aromatic heterocycles. The van der Waals surface area contributed by atoms with Crippen molar-refractivity contribution in [3.05, 3.63) is 82.9 Å². The summed E-state index contributed by atoms with van der Waals surface area (Å²) >= 11 is 0. The van der Waals surface area contributed by atoms with Crippen LogP contribution in [0.3, 0.4) is 0 Å². The highest BCUT2D eigenvalue weighted by molar-refractivity contribution is 6.11. The SMILES string of the molecule is CCCCCCCCc1ccc(C(=O)/C=C/C(=O)c2ccc(CCCCCCCC)cc2)cc1. The summed E-state index contributed by atoms with van der Waals surface area (Å²) in [5.41, 5.74) is 3.80. The van der Waals surface area contributed by atoms with Crippen LogP contribution in [0.1, 0.15) is 123 Å². The maximum absolute atomic E-state index is 12.5. The second-order valence-electron chi connectivity index (χ2n) is 9.49. The predicted molar refractivity (Wildman–Crippen MR) is 145 cm³/mol. The lowest BCUT2D eigenvalue weighted by Crippen LogP contribution is -1.99. The molecular weight excluding hydrogens is 416 g/mol. The summed E-state index contributed by atoms with van der Waals surface area (Å²) in [6, 6.07) is 15.7. The van der Waals surface area contributed by atoms with E-state index >= 15 is 0 Å². The van der Waals surface area contributed by atoms with Gasteiger partial charge in [0.05, 0.1) is 0 Å². The number of unbranched alkanes of at least 4 members (excludes halogenated alkanes) is 10. The van der Waals surface area contributed by atoms with Crippen molar-refractivity contribution in [1.82, 2.24) is 0 Å². The summed E-state index contributed by atoms with van der Waals surface area (Å²) in [5.74, 6) is -0.252. The zero-order valence-electron chi connectivity index (χ0n) is 21.5. The summed E-state index contributed by atoms with van der Waals surface area (Å²) in [4.78, 5) is 25.0. The molecule has 0 fully saturated rings. The first-order chi connectivity index (χ1) is 16.6. The van der Waals surface area contributed by atoms with Gasteiger partial charge in [0.1, 0.15) is 0 Å². The number of rotatable bonds is 18. The van der Waals surface area contributed by atoms with Gasteiger partial charge in [-0.3, -0.25) is 9.59 Å². The van der Waals surface area contributed by atoms with Crippen molar-refractivity contribution in [3.8, 4) is 0 Å². The summed E-state index contributed by atoms with van der Waals surface area (Å²) < 4.78 is 0. The number of benzene rings is 2. The molecule has 0 amide bonds. The molecule has 34 heavy (non-hydrogen) atoms. The molecule has 0 atom stereocenters. The minimum absolute atomic E-state index is 0.126. The van der Waals surface area contributed by atoms with Crippen molar-refractivity contribution in [2.45, 2.75) is 104 Å². The van der Waals surface area contributed by atoms with E-state index in [1.54, 1.807) is 0 Å². The third kappa shape index (κ3) is 11.1. The Bertz CT molecular complexity index is 785. The van der Waals surface area contributed by atoms with Crippen molar-refractivity contribution in [1.29, 1.82) is 0 Å². The van der Waals surface area contributed by atoms with Crippen LogP contribution in [0.25, 0.3) is 0 Å². The van der Waals surface area contributed by atoms with Gasteiger partial charge in [-0.2, -0.15) is 0 Å². The third-order valence-corrected chi connectivity index (χ3v) is 6.50. The van der Waals surface area contributed by atoms with Crippen molar-refractivity contribution in [3.63, 3.8) is 0 Å². The number of aryl methyl sites for hydroxylation is 2. The molecule has 0 unspecified atom stereocenters. The Hall–Kier alpha value is -2.48. The molecule has 2 rings (SSSR count). The zero-order chi connectivity index (χ0) is 24.4. The van der Waals surface area contributed by atoms with Crippen molar-refractivity contribution >= 4 is 11.6 Å². The number of hydrogen-bond donors (Lipinski definition) is 0. The highest BCUT2D eigenvalue weighted by atomic mass is 16.1. The molecular formula is C32H44O2. The van der Waals surface area contributed by atoms with Gasteiger partial charge in [-0.1, -0.05) is 127 Å². The van der Waals surface area contributed by atoms with Crippen LogP contribution in [0, 0.1) is 0 Å². The normalized spacial score (nSPS) is 11.2. The van der Waals surface area contributed by atoms with Gasteiger partial charge in [0.15, 0.2) is 11.6 Å². The Labute approximate surface area is 207 Å². The summed E-state index contributed by atoms with van der Waals surface area (Å²) in [7, 11) is 0. The number of allylic oxidation sites excluding steroid dienone is 2. The Balaban J connectivity index is 1.74. The Morgan fingerprint density at radius 3 is 1.18 bits per heavy atom. The number of ketones is 2. The topological polar surface area (TPSA) is 34.1 Å². The molecule has 0 saturated carbocycles. The monoisotopic (exact) mass is 460 g/mol. The lowest BCUT2D eigenvalue weighted by Gasteiger charge is -2.04. The summed E-state index contributed by atoms with van der Waals surface area (Å²) in [6.45, 7) is 4.48. The predicted octanol–water partition coefficient (Wildman–Crippen LogP) is 9.11. The van der Waals surface area contributed by atoms with Crippen LogP contribution in [-0.4, -0.2) is 11.6 Å². The van der Waals surface area contributed by atoms with E-state index in [2.05, 4.69) is 13.8 Å². The molecule has 2 aromatic carbocycles. The van der Waals surface area contributed by atoms with Crippen molar-refractivity contribution in [2.75, 3.05) is 0 Å². The number of carbonyl (C=O) groups is 2. The average Bonchev–Trinajstić information content (AvgIpc) is 2.87. The average molecular weight is 461 g/mol. The van der Waals surface area contributed by atoms with Gasteiger partial charge < -0.3 is 0 Å². The van der Waals surface area contributed by atoms with Crippen LogP contribution in [0.4, 0.5) is 0 Å². The molecule has 2 aromatic rings. The summed E-state index contributed by atoms with van der Waals surface area (Å²) in [6.07, 6.45) is 20.4. The maximum Gasteiger partial charge on any atom is 0.185 e. The molecule has 2 heteroatoms. The van der Waals surface area contributed by atoms with Crippen molar-refractivity contribution < 1.29 is 9.59 Å². The first-order valence-corrected chi connectivity index (χ1v) is 13.6. The van der Waals surface area contributed by atoms with E-state index in [4.69, 9.17) is 0 Å². The van der Waals surface area contributed by atoms with E-state index in [0.717, 1.165) is 12.8 Å². The van der Waals surface area contributed by atoms with E-state index < -0.39 is 0 Å². The first kappa shape index (κ1) is 27.8. The molecule has 0 spiro atoms. The fourth-order valence-corrected chi connectivity index (χ4v) is 4.23. The third-order valence-electron chi connectivity index (χ3n) is 6.50. The molecule has 0 aliphatic rings. The molecule has 2 nitrogen and oxygen atoms in total. The van der Waals surface area contributed by atoms with Crippen LogP contribution in [0.5, 0.6) is 0 Å². The van der Waals surface area contributed by atoms with Gasteiger partial charge in [0, 0.05) is 11.1 Å². The minimum atomic E-state index is -0.126. The smallest absolute Gasteiger partial charge is 0.185 e. The lowest BCUT2D eigenvalue weighted by molar-refractivity contribution is 0.102. The van der Waals surface area contributed by atoms with E-state index in [9.17, 15) is 9.59 Å². The van der Waals surface area contributed by atoms with Crippen molar-refractivity contribution in [2.24, 2.45) is 0 Å². The minimum Gasteiger partial charge on any atom is -0.289 e. The van der Waals surface area contributed by atoms with Crippen LogP contribution in [-0.2, 0) is 12.8 Å². The summed E-state index contributed by atoms with van der Waals surface area (Å²) in [5, 5.41) is 0. The van der Waals surface area contributed by atoms with Gasteiger partial charge >= 0.3 is 0 Å². The van der Waals surface area contributed by atoms with Crippen LogP contribution >= 0.6 is 0 Å². The number of carbonyl (C=O) groups excluding carboxylic acids is 2. The second kappa shape index (κ2) is 17.0. The molecule has 0 aliphatic heterocycles. The van der Waals surface area contributed by atoms with Crippen LogP contribution in [0.2, 0.25) is 0 Å². The highest BCUT2D eigenvalue weighted by Gasteiger charge is 2.06. The molecule has 0 aliphatic carbocycles. The Morgan fingerprint density at radius 2 is 0.824 bits per heavy atom. The van der Waals surface area contributed by atoms with Crippen LogP contribution in [0.15, 0.2) is 60.7 Å². The second-order valence-corrected chi connectivity index (χ2v) is 9.49. The Morgan fingerprint density at radius 1 is 0.500 bits per heavy atom. The van der Waals surface area contributed by atoms with E-state index in [-0.39, 0.29) is 11.6 Å². The number of hydrogen-bond acceptors (Lipinski definition) is 2. The standard InChI is InChI=1S/C32H44O2/c1-3-5-7-9-11-13-15-27-17-21-29(22-18-27)31(33)25-26-32(34)30-23-19-28(20-24-30)16-14-12-10-8-6-4-2/h17-26H,3-16H2,1-2H3/b26-25+. The van der Waals surface area contributed by atoms with Gasteiger partial charge in [-0.25, -0.2) is 0 Å². The van der Waals surface area contributed by atoms with E-state index in [0.29, 0.717) is 11.1 Å². The van der Waals surface area contributed by atoms with E-state index in [1.165, 1.54) is 100 Å². The molecule has 0 radical (unpaired) electrons. The van der Waals surface area contributed by atoms with Gasteiger partial charge in [-0.15, -0.1) is 0 Å². The van der Waals surface area contributed by atoms with E-state index in [1.807, 2.05) is 48.5 Å². The zero-order valence-corrected chi connectivity index (χ0v) is 21.5. The first-order valence-electron chi connectivity index (χ1n) is 13.6. The lowest BCUT2D eigenvalue weighted by atomic mass is 10.0. The molecule has 0 bridgehead atoms. The molecule has 0 N–H and O–H groups in total. The highest BCUT2D eigenvalue weighted by Crippen LogP contribution is 2.14. The Kier molecular flexibility index (Phi) is 13.9. The molecule has 0 saturated heterocycles. The largest absolute Gasteiger partial charge is 0.289 e. The quantitative estimate of drug-likeness (QED) is 0.126. The fourth-order valence-electron chi connectivity index (χ4n) is 4.23. The fraction of sp³-hybridized carbons (Fsp3) is 0.500. The maximum atomic E-state index is 12.5. The molecule has 184 valence electrons. The molecule has 0 heterocycles. The van der Waals surface area contributed by atoms with Gasteiger partial charge in [-0.05, 0) is 49.0 Å². The van der Waals surface area contributed by atoms with Crippen LogP contribution < -0.4 is 0 Å². The van der Waals surface area contributed by atoms with Gasteiger partial charge in [0.25, 0.3) is 0 Å².